The van der Waals surface area contributed by atoms with Gasteiger partial charge in [-0.05, 0) is 32.9 Å². The number of fused-ring (bicyclic) bond motifs is 1. The summed E-state index contributed by atoms with van der Waals surface area (Å²) in [5, 5.41) is 12.6. The maximum absolute atomic E-state index is 13.3. The number of urea groups is 1. The molecule has 0 unspecified atom stereocenters. The Bertz CT molecular complexity index is 753. The lowest BCUT2D eigenvalue weighted by Gasteiger charge is -2.39. The molecule has 3 atom stereocenters. The second-order valence-corrected chi connectivity index (χ2v) is 8.66. The van der Waals surface area contributed by atoms with Gasteiger partial charge in [-0.2, -0.15) is 0 Å². The lowest BCUT2D eigenvalue weighted by atomic mass is 9.99. The van der Waals surface area contributed by atoms with Crippen LogP contribution in [0.5, 0.6) is 5.75 Å². The molecular weight excluding hydrogens is 384 g/mol. The van der Waals surface area contributed by atoms with E-state index in [-0.39, 0.29) is 42.7 Å². The van der Waals surface area contributed by atoms with Crippen LogP contribution in [-0.2, 0) is 0 Å². The van der Waals surface area contributed by atoms with E-state index in [1.165, 1.54) is 0 Å². The number of carbonyl (C=O) groups is 2. The number of amides is 3. The van der Waals surface area contributed by atoms with Crippen molar-refractivity contribution in [2.45, 2.75) is 45.9 Å². The van der Waals surface area contributed by atoms with Crippen LogP contribution in [0, 0.1) is 5.92 Å². The molecule has 1 aliphatic heterocycles. The highest BCUT2D eigenvalue weighted by Crippen LogP contribution is 2.36. The Hall–Kier alpha value is -2.48. The maximum Gasteiger partial charge on any atom is 0.317 e. The van der Waals surface area contributed by atoms with Crippen molar-refractivity contribution < 1.29 is 19.4 Å². The fourth-order valence-corrected chi connectivity index (χ4v) is 3.51. The first-order chi connectivity index (χ1) is 14.1. The largest absolute Gasteiger partial charge is 0.485 e. The second kappa shape index (κ2) is 10.0. The fraction of sp³-hybridized carbons (Fsp3) is 0.636. The molecular formula is C22H36N4O4. The van der Waals surface area contributed by atoms with Gasteiger partial charge in [0.15, 0.2) is 5.75 Å². The molecule has 1 aromatic carbocycles. The number of likely N-dealkylation sites (N-methyl/N-ethyl adjacent to an activating group) is 1. The molecule has 2 rings (SSSR count). The number of carbonyl (C=O) groups excluding carboxylic acids is 2. The van der Waals surface area contributed by atoms with Gasteiger partial charge in [0.25, 0.3) is 5.91 Å². The van der Waals surface area contributed by atoms with Crippen LogP contribution < -0.4 is 15.0 Å². The van der Waals surface area contributed by atoms with Gasteiger partial charge in [0.05, 0.1) is 30.4 Å². The first kappa shape index (κ1) is 23.8. The molecule has 8 nitrogen and oxygen atoms in total. The third-order valence-corrected chi connectivity index (χ3v) is 5.36. The predicted molar refractivity (Wildman–Crippen MR) is 118 cm³/mol. The standard InChI is InChI=1S/C22H36N4O4/c1-14(2)23-22(29)25(7)12-19-15(3)11-26(16(4)13-27)21(28)17-9-8-10-18(24(5)6)20(17)30-19/h8-10,14-16,19,27H,11-13H2,1-7H3,(H,23,29)/t15-,16+,19-/m0/s1. The molecule has 0 spiro atoms. The minimum absolute atomic E-state index is 0.0372. The van der Waals surface area contributed by atoms with Gasteiger partial charge >= 0.3 is 6.03 Å². The maximum atomic E-state index is 13.3. The summed E-state index contributed by atoms with van der Waals surface area (Å²) >= 11 is 0. The van der Waals surface area contributed by atoms with E-state index < -0.39 is 0 Å². The van der Waals surface area contributed by atoms with Gasteiger partial charge in [-0.15, -0.1) is 0 Å². The van der Waals surface area contributed by atoms with Crippen molar-refractivity contribution in [2.24, 2.45) is 5.92 Å². The molecule has 0 radical (unpaired) electrons. The quantitative estimate of drug-likeness (QED) is 0.736. The van der Waals surface area contributed by atoms with Crippen LogP contribution in [-0.4, -0.2) is 85.9 Å². The molecule has 2 N–H and O–H groups in total. The molecule has 0 fully saturated rings. The Balaban J connectivity index is 2.45. The third kappa shape index (κ3) is 5.36. The number of hydrogen-bond acceptors (Lipinski definition) is 5. The van der Waals surface area contributed by atoms with Crippen molar-refractivity contribution in [1.82, 2.24) is 15.1 Å². The van der Waals surface area contributed by atoms with Crippen LogP contribution in [0.15, 0.2) is 18.2 Å². The predicted octanol–water partition coefficient (Wildman–Crippen LogP) is 2.02. The molecule has 3 amide bonds. The van der Waals surface area contributed by atoms with Gasteiger partial charge in [-0.3, -0.25) is 4.79 Å². The molecule has 0 aromatic heterocycles. The molecule has 168 valence electrons. The van der Waals surface area contributed by atoms with Crippen molar-refractivity contribution in [3.63, 3.8) is 0 Å². The van der Waals surface area contributed by atoms with Crippen molar-refractivity contribution in [3.05, 3.63) is 23.8 Å². The number of aliphatic hydroxyl groups excluding tert-OH is 1. The molecule has 8 heteroatoms. The van der Waals surface area contributed by atoms with E-state index >= 15 is 0 Å². The Morgan fingerprint density at radius 2 is 1.97 bits per heavy atom. The van der Waals surface area contributed by atoms with E-state index in [9.17, 15) is 14.7 Å². The Morgan fingerprint density at radius 1 is 1.30 bits per heavy atom. The summed E-state index contributed by atoms with van der Waals surface area (Å²) in [6.45, 7) is 8.35. The van der Waals surface area contributed by atoms with Crippen molar-refractivity contribution in [1.29, 1.82) is 0 Å². The molecule has 1 heterocycles. The van der Waals surface area contributed by atoms with Crippen LogP contribution >= 0.6 is 0 Å². The number of aliphatic hydroxyl groups is 1. The molecule has 30 heavy (non-hydrogen) atoms. The van der Waals surface area contributed by atoms with Gasteiger partial charge in [-0.1, -0.05) is 13.0 Å². The van der Waals surface area contributed by atoms with E-state index in [1.807, 2.05) is 58.8 Å². The van der Waals surface area contributed by atoms with E-state index in [0.29, 0.717) is 24.4 Å². The summed E-state index contributed by atoms with van der Waals surface area (Å²) in [5.41, 5.74) is 1.26. The summed E-state index contributed by atoms with van der Waals surface area (Å²) in [7, 11) is 5.54. The van der Waals surface area contributed by atoms with E-state index in [2.05, 4.69) is 5.32 Å². The zero-order chi connectivity index (χ0) is 22.6. The Kier molecular flexibility index (Phi) is 7.95. The first-order valence-electron chi connectivity index (χ1n) is 10.5. The Morgan fingerprint density at radius 3 is 2.53 bits per heavy atom. The summed E-state index contributed by atoms with van der Waals surface area (Å²) in [6, 6.07) is 5.04. The summed E-state index contributed by atoms with van der Waals surface area (Å²) in [6.07, 6.45) is -0.325. The van der Waals surface area contributed by atoms with E-state index in [0.717, 1.165) is 5.69 Å². The normalized spacial score (nSPS) is 20.0. The van der Waals surface area contributed by atoms with Crippen LogP contribution in [0.1, 0.15) is 38.1 Å². The average Bonchev–Trinajstić information content (AvgIpc) is 2.68. The van der Waals surface area contributed by atoms with Crippen molar-refractivity contribution in [2.75, 3.05) is 45.7 Å². The van der Waals surface area contributed by atoms with Crippen LogP contribution in [0.4, 0.5) is 10.5 Å². The molecule has 0 saturated heterocycles. The summed E-state index contributed by atoms with van der Waals surface area (Å²) in [4.78, 5) is 31.0. The van der Waals surface area contributed by atoms with Gasteiger partial charge in [-0.25, -0.2) is 4.79 Å². The van der Waals surface area contributed by atoms with Gasteiger partial charge in [0.1, 0.15) is 6.10 Å². The lowest BCUT2D eigenvalue weighted by molar-refractivity contribution is 0.0368. The topological polar surface area (TPSA) is 85.4 Å². The van der Waals surface area contributed by atoms with Gasteiger partial charge < -0.3 is 29.9 Å². The number of nitrogens with one attached hydrogen (secondary N) is 1. The fourth-order valence-electron chi connectivity index (χ4n) is 3.51. The minimum Gasteiger partial charge on any atom is -0.485 e. The number of hydrogen-bond donors (Lipinski definition) is 2. The van der Waals surface area contributed by atoms with Crippen LogP contribution in [0.2, 0.25) is 0 Å². The molecule has 0 bridgehead atoms. The minimum atomic E-state index is -0.325. The zero-order valence-electron chi connectivity index (χ0n) is 19.2. The van der Waals surface area contributed by atoms with Gasteiger partial charge in [0.2, 0.25) is 0 Å². The molecule has 1 aromatic rings. The third-order valence-electron chi connectivity index (χ3n) is 5.36. The average molecular weight is 421 g/mol. The van der Waals surface area contributed by atoms with Crippen LogP contribution in [0.3, 0.4) is 0 Å². The van der Waals surface area contributed by atoms with E-state index in [4.69, 9.17) is 4.74 Å². The highest BCUT2D eigenvalue weighted by molar-refractivity contribution is 5.99. The number of para-hydroxylation sites is 1. The number of ether oxygens (including phenoxy) is 1. The highest BCUT2D eigenvalue weighted by atomic mass is 16.5. The monoisotopic (exact) mass is 420 g/mol. The number of benzene rings is 1. The Labute approximate surface area is 179 Å². The second-order valence-electron chi connectivity index (χ2n) is 8.66. The number of anilines is 1. The van der Waals surface area contributed by atoms with Crippen LogP contribution in [0.25, 0.3) is 0 Å². The van der Waals surface area contributed by atoms with Crippen molar-refractivity contribution >= 4 is 17.6 Å². The van der Waals surface area contributed by atoms with Crippen molar-refractivity contribution in [3.8, 4) is 5.75 Å². The molecule has 0 saturated carbocycles. The molecule has 1 aliphatic rings. The molecule has 0 aliphatic carbocycles. The lowest BCUT2D eigenvalue weighted by Crippen LogP contribution is -2.51. The SMILES string of the molecule is CC(C)NC(=O)N(C)C[C@@H]1Oc2c(cccc2N(C)C)C(=O)N([C@H](C)CO)C[C@@H]1C. The smallest absolute Gasteiger partial charge is 0.317 e. The highest BCUT2D eigenvalue weighted by Gasteiger charge is 2.35. The van der Waals surface area contributed by atoms with E-state index in [1.54, 1.807) is 22.9 Å². The zero-order valence-corrected chi connectivity index (χ0v) is 19.2. The summed E-state index contributed by atoms with van der Waals surface area (Å²) < 4.78 is 6.43. The van der Waals surface area contributed by atoms with Gasteiger partial charge in [0, 0.05) is 39.6 Å². The number of rotatable bonds is 6. The summed E-state index contributed by atoms with van der Waals surface area (Å²) in [5.74, 6) is 0.295. The first-order valence-corrected chi connectivity index (χ1v) is 10.5. The number of nitrogens with zero attached hydrogens (tertiary/aromatic N) is 3.